The number of hydrogen-bond donors (Lipinski definition) is 2. The third-order valence-corrected chi connectivity index (χ3v) is 1.96. The van der Waals surface area contributed by atoms with E-state index in [-0.39, 0.29) is 11.3 Å². The molecule has 1 radical (unpaired) electrons. The van der Waals surface area contributed by atoms with E-state index in [4.69, 9.17) is 0 Å². The van der Waals surface area contributed by atoms with Gasteiger partial charge in [0.15, 0.2) is 0 Å². The van der Waals surface area contributed by atoms with E-state index >= 15 is 0 Å². The number of aromatic amines is 1. The molecule has 0 aliphatic rings. The van der Waals surface area contributed by atoms with Crippen LogP contribution in [-0.4, -0.2) is 22.4 Å². The molecule has 0 aliphatic heterocycles. The summed E-state index contributed by atoms with van der Waals surface area (Å²) in [5, 5.41) is 2.82. The summed E-state index contributed by atoms with van der Waals surface area (Å²) in [6.45, 7) is 7.14. The van der Waals surface area contributed by atoms with Gasteiger partial charge in [-0.15, -0.1) is 0 Å². The van der Waals surface area contributed by atoms with Gasteiger partial charge in [0.2, 0.25) is 5.91 Å². The maximum Gasteiger partial charge on any atom is 0.232 e. The Balaban J connectivity index is 2.20. The van der Waals surface area contributed by atoms with Crippen molar-refractivity contribution in [2.75, 3.05) is 6.54 Å². The van der Waals surface area contributed by atoms with Crippen LogP contribution >= 0.6 is 0 Å². The molecule has 1 aromatic rings. The van der Waals surface area contributed by atoms with Crippen molar-refractivity contribution in [2.45, 2.75) is 27.2 Å². The van der Waals surface area contributed by atoms with Crippen LogP contribution < -0.4 is 5.32 Å². The lowest BCUT2D eigenvalue weighted by molar-refractivity contribution is -0.117. The number of rotatable bonds is 4. The number of amides is 1. The van der Waals surface area contributed by atoms with E-state index in [1.165, 1.54) is 6.42 Å². The van der Waals surface area contributed by atoms with Gasteiger partial charge in [-0.1, -0.05) is 20.8 Å². The monoisotopic (exact) mass is 208 g/mol. The van der Waals surface area contributed by atoms with Gasteiger partial charge in [0.25, 0.3) is 0 Å². The summed E-state index contributed by atoms with van der Waals surface area (Å²) >= 11 is 0. The van der Waals surface area contributed by atoms with Crippen molar-refractivity contribution < 1.29 is 4.79 Å². The van der Waals surface area contributed by atoms with Gasteiger partial charge >= 0.3 is 0 Å². The molecule has 1 rings (SSSR count). The van der Waals surface area contributed by atoms with E-state index in [1.807, 2.05) is 0 Å². The first-order chi connectivity index (χ1) is 6.97. The summed E-state index contributed by atoms with van der Waals surface area (Å²) in [4.78, 5) is 18.2. The first-order valence-electron chi connectivity index (χ1n) is 5.09. The predicted molar refractivity (Wildman–Crippen MR) is 59.1 cm³/mol. The zero-order chi connectivity index (χ0) is 11.3. The molecule has 4 heteroatoms. The van der Waals surface area contributed by atoms with Crippen LogP contribution in [0.2, 0.25) is 0 Å². The van der Waals surface area contributed by atoms with Gasteiger partial charge in [0, 0.05) is 18.9 Å². The Labute approximate surface area is 90.5 Å². The molecule has 0 spiro atoms. The van der Waals surface area contributed by atoms with Crippen molar-refractivity contribution >= 4 is 5.91 Å². The standard InChI is InChI=1S/C11H18N3O/c1-11(2,3)4-5-14-10(15)8-9-12-6-7-13-9/h6-8H,4-5H2,1-3H3,(H,12,13)(H,14,15). The Morgan fingerprint density at radius 2 is 2.33 bits per heavy atom. The van der Waals surface area contributed by atoms with E-state index in [0.29, 0.717) is 12.4 Å². The Kier molecular flexibility index (Phi) is 3.88. The van der Waals surface area contributed by atoms with Gasteiger partial charge in [-0.2, -0.15) is 0 Å². The largest absolute Gasteiger partial charge is 0.355 e. The first kappa shape index (κ1) is 11.8. The topological polar surface area (TPSA) is 57.8 Å². The molecule has 1 aromatic heterocycles. The van der Waals surface area contributed by atoms with E-state index in [1.54, 1.807) is 12.4 Å². The summed E-state index contributed by atoms with van der Waals surface area (Å²) in [6.07, 6.45) is 5.73. The molecule has 2 N–H and O–H groups in total. The Morgan fingerprint density at radius 1 is 1.60 bits per heavy atom. The predicted octanol–water partition coefficient (Wildman–Crippen LogP) is 1.51. The van der Waals surface area contributed by atoms with Gasteiger partial charge in [-0.05, 0) is 11.8 Å². The average Bonchev–Trinajstić information content (AvgIpc) is 2.54. The molecule has 0 aliphatic carbocycles. The van der Waals surface area contributed by atoms with Crippen molar-refractivity contribution in [3.05, 3.63) is 24.6 Å². The number of aromatic nitrogens is 2. The van der Waals surface area contributed by atoms with E-state index in [2.05, 4.69) is 36.1 Å². The van der Waals surface area contributed by atoms with Crippen LogP contribution in [0.25, 0.3) is 0 Å². The average molecular weight is 208 g/mol. The van der Waals surface area contributed by atoms with Crippen LogP contribution in [0, 0.1) is 11.8 Å². The third-order valence-electron chi connectivity index (χ3n) is 1.96. The van der Waals surface area contributed by atoms with Crippen LogP contribution in [0.15, 0.2) is 12.4 Å². The maximum atomic E-state index is 11.4. The molecule has 83 valence electrons. The number of H-pyrrole nitrogens is 1. The molecule has 0 unspecified atom stereocenters. The SMILES string of the molecule is CC(C)(C)CCNC(=O)[CH]c1ncc[nH]1. The summed E-state index contributed by atoms with van der Waals surface area (Å²) in [5.41, 5.74) is 0.248. The van der Waals surface area contributed by atoms with Crippen LogP contribution in [0.1, 0.15) is 33.0 Å². The molecule has 0 fully saturated rings. The van der Waals surface area contributed by atoms with Gasteiger partial charge in [-0.3, -0.25) is 4.79 Å². The normalized spacial score (nSPS) is 11.4. The molecule has 0 aromatic carbocycles. The second-order valence-corrected chi connectivity index (χ2v) is 4.72. The zero-order valence-electron chi connectivity index (χ0n) is 9.50. The second kappa shape index (κ2) is 4.96. The lowest BCUT2D eigenvalue weighted by atomic mass is 9.92. The van der Waals surface area contributed by atoms with Crippen LogP contribution in [0.5, 0.6) is 0 Å². The molecule has 0 atom stereocenters. The quantitative estimate of drug-likeness (QED) is 0.788. The number of carbonyl (C=O) groups excluding carboxylic acids is 1. The fourth-order valence-electron chi connectivity index (χ4n) is 1.09. The molecule has 4 nitrogen and oxygen atoms in total. The third kappa shape index (κ3) is 5.20. The van der Waals surface area contributed by atoms with Gasteiger partial charge < -0.3 is 10.3 Å². The number of nitrogens with one attached hydrogen (secondary N) is 2. The van der Waals surface area contributed by atoms with E-state index in [9.17, 15) is 4.79 Å². The Hall–Kier alpha value is -1.32. The molecular weight excluding hydrogens is 190 g/mol. The molecule has 1 amide bonds. The summed E-state index contributed by atoms with van der Waals surface area (Å²) < 4.78 is 0. The molecule has 0 bridgehead atoms. The van der Waals surface area contributed by atoms with Crippen LogP contribution in [0.4, 0.5) is 0 Å². The van der Waals surface area contributed by atoms with Crippen molar-refractivity contribution in [2.24, 2.45) is 5.41 Å². The first-order valence-corrected chi connectivity index (χ1v) is 5.09. The van der Waals surface area contributed by atoms with Gasteiger partial charge in [0.1, 0.15) is 12.2 Å². The molecular formula is C11H18N3O. The number of imidazole rings is 1. The highest BCUT2D eigenvalue weighted by Crippen LogP contribution is 2.16. The molecule has 1 heterocycles. The minimum Gasteiger partial charge on any atom is -0.355 e. The molecule has 0 saturated heterocycles. The zero-order valence-corrected chi connectivity index (χ0v) is 9.50. The van der Waals surface area contributed by atoms with Crippen molar-refractivity contribution in [3.8, 4) is 0 Å². The van der Waals surface area contributed by atoms with E-state index in [0.717, 1.165) is 6.42 Å². The second-order valence-electron chi connectivity index (χ2n) is 4.72. The minimum absolute atomic E-state index is 0.103. The van der Waals surface area contributed by atoms with Crippen LogP contribution in [0.3, 0.4) is 0 Å². The lowest BCUT2D eigenvalue weighted by Crippen LogP contribution is -2.27. The lowest BCUT2D eigenvalue weighted by Gasteiger charge is -2.17. The Morgan fingerprint density at radius 3 is 2.87 bits per heavy atom. The number of hydrogen-bond acceptors (Lipinski definition) is 2. The summed E-state index contributed by atoms with van der Waals surface area (Å²) in [6, 6.07) is 0. The molecule has 0 saturated carbocycles. The fraction of sp³-hybridized carbons (Fsp3) is 0.545. The highest BCUT2D eigenvalue weighted by Gasteiger charge is 2.11. The smallest absolute Gasteiger partial charge is 0.232 e. The summed E-state index contributed by atoms with van der Waals surface area (Å²) in [7, 11) is 0. The fourth-order valence-corrected chi connectivity index (χ4v) is 1.09. The van der Waals surface area contributed by atoms with Crippen LogP contribution in [-0.2, 0) is 4.79 Å². The van der Waals surface area contributed by atoms with Crippen molar-refractivity contribution in [1.29, 1.82) is 0 Å². The molecule has 15 heavy (non-hydrogen) atoms. The van der Waals surface area contributed by atoms with Gasteiger partial charge in [0.05, 0.1) is 0 Å². The number of carbonyl (C=O) groups is 1. The Bertz CT molecular complexity index is 298. The highest BCUT2D eigenvalue weighted by atomic mass is 16.1. The van der Waals surface area contributed by atoms with Crippen molar-refractivity contribution in [3.63, 3.8) is 0 Å². The minimum atomic E-state index is -0.103. The maximum absolute atomic E-state index is 11.4. The highest BCUT2D eigenvalue weighted by molar-refractivity contribution is 5.87. The van der Waals surface area contributed by atoms with E-state index < -0.39 is 0 Å². The van der Waals surface area contributed by atoms with Crippen molar-refractivity contribution in [1.82, 2.24) is 15.3 Å². The summed E-state index contributed by atoms with van der Waals surface area (Å²) in [5.74, 6) is 0.484. The van der Waals surface area contributed by atoms with Gasteiger partial charge in [-0.25, -0.2) is 4.98 Å². The number of nitrogens with zero attached hydrogens (tertiary/aromatic N) is 1.